The van der Waals surface area contributed by atoms with Crippen molar-refractivity contribution >= 4 is 22.9 Å². The second-order valence-electron chi connectivity index (χ2n) is 4.22. The summed E-state index contributed by atoms with van der Waals surface area (Å²) < 4.78 is 10.9. The topological polar surface area (TPSA) is 73.9 Å². The molecule has 21 heavy (non-hydrogen) atoms. The van der Waals surface area contributed by atoms with Crippen molar-refractivity contribution in [2.45, 2.75) is 12.8 Å². The molecule has 0 aromatic carbocycles. The van der Waals surface area contributed by atoms with E-state index in [1.54, 1.807) is 25.0 Å². The Balaban J connectivity index is 1.69. The number of aromatic nitrogens is 4. The van der Waals surface area contributed by atoms with Gasteiger partial charge in [-0.25, -0.2) is 4.98 Å². The van der Waals surface area contributed by atoms with E-state index in [1.807, 2.05) is 6.07 Å². The van der Waals surface area contributed by atoms with Gasteiger partial charge in [-0.1, -0.05) is 16.8 Å². The fourth-order valence-corrected chi connectivity index (χ4v) is 2.55. The molecule has 3 heterocycles. The van der Waals surface area contributed by atoms with Crippen LogP contribution in [0.25, 0.3) is 11.5 Å². The van der Waals surface area contributed by atoms with Crippen LogP contribution in [-0.4, -0.2) is 27.2 Å². The molecule has 3 aromatic rings. The summed E-state index contributed by atoms with van der Waals surface area (Å²) in [7, 11) is 1.61. The maximum atomic E-state index is 6.00. The molecule has 3 aromatic heterocycles. The zero-order chi connectivity index (χ0) is 14.7. The number of ether oxygens (including phenoxy) is 1. The van der Waals surface area contributed by atoms with E-state index >= 15 is 0 Å². The van der Waals surface area contributed by atoms with Gasteiger partial charge in [-0.3, -0.25) is 4.98 Å². The minimum atomic E-state index is 0.417. The molecule has 108 valence electrons. The number of halogens is 1. The van der Waals surface area contributed by atoms with Gasteiger partial charge in [0.25, 0.3) is 0 Å². The van der Waals surface area contributed by atoms with Gasteiger partial charge in [0.05, 0.1) is 18.8 Å². The Morgan fingerprint density at radius 1 is 1.33 bits per heavy atom. The maximum Gasteiger partial charge on any atom is 0.227 e. The number of thiazole rings is 1. The van der Waals surface area contributed by atoms with Gasteiger partial charge in [-0.15, -0.1) is 11.3 Å². The summed E-state index contributed by atoms with van der Waals surface area (Å²) in [5.74, 6) is 1.69. The van der Waals surface area contributed by atoms with Gasteiger partial charge in [0.15, 0.2) is 0 Å². The highest BCUT2D eigenvalue weighted by Crippen LogP contribution is 2.27. The van der Waals surface area contributed by atoms with E-state index < -0.39 is 0 Å². The summed E-state index contributed by atoms with van der Waals surface area (Å²) in [5, 5.41) is 3.90. The molecule has 0 amide bonds. The fourth-order valence-electron chi connectivity index (χ4n) is 1.79. The van der Waals surface area contributed by atoms with Crippen molar-refractivity contribution in [1.82, 2.24) is 20.1 Å². The van der Waals surface area contributed by atoms with Crippen LogP contribution in [0.4, 0.5) is 0 Å². The lowest BCUT2D eigenvalue weighted by molar-refractivity contribution is 0.378. The van der Waals surface area contributed by atoms with E-state index in [0.29, 0.717) is 28.2 Å². The van der Waals surface area contributed by atoms with E-state index in [9.17, 15) is 0 Å². The van der Waals surface area contributed by atoms with Crippen molar-refractivity contribution in [2.75, 3.05) is 7.11 Å². The molecule has 0 atom stereocenters. The number of hydrogen-bond acceptors (Lipinski definition) is 7. The Kier molecular flexibility index (Phi) is 4.12. The second-order valence-corrected chi connectivity index (χ2v) is 5.68. The van der Waals surface area contributed by atoms with Crippen LogP contribution in [0.5, 0.6) is 5.75 Å². The summed E-state index contributed by atoms with van der Waals surface area (Å²) in [6.45, 7) is 0. The molecule has 0 N–H and O–H groups in total. The summed E-state index contributed by atoms with van der Waals surface area (Å²) >= 11 is 7.34. The number of nitrogens with zero attached hydrogens (tertiary/aromatic N) is 4. The molecule has 0 aliphatic heterocycles. The summed E-state index contributed by atoms with van der Waals surface area (Å²) in [4.78, 5) is 12.5. The van der Waals surface area contributed by atoms with Crippen LogP contribution in [0.1, 0.15) is 11.5 Å². The lowest BCUT2D eigenvalue weighted by atomic mass is 10.1. The van der Waals surface area contributed by atoms with Crippen LogP contribution in [0.2, 0.25) is 4.34 Å². The van der Waals surface area contributed by atoms with E-state index in [0.717, 1.165) is 17.7 Å². The fraction of sp³-hybridized carbons (Fsp3) is 0.231. The largest absolute Gasteiger partial charge is 0.495 e. The number of hydrogen-bond donors (Lipinski definition) is 0. The molecule has 8 heteroatoms. The highest BCUT2D eigenvalue weighted by molar-refractivity contribution is 7.14. The minimum Gasteiger partial charge on any atom is -0.495 e. The third kappa shape index (κ3) is 3.20. The van der Waals surface area contributed by atoms with Gasteiger partial charge in [0, 0.05) is 12.6 Å². The predicted octanol–water partition coefficient (Wildman–Crippen LogP) is 3.04. The third-order valence-electron chi connectivity index (χ3n) is 2.84. The molecule has 0 radical (unpaired) electrons. The second kappa shape index (κ2) is 6.19. The number of aryl methyl sites for hydroxylation is 2. The number of rotatable bonds is 5. The van der Waals surface area contributed by atoms with E-state index in [4.69, 9.17) is 20.9 Å². The van der Waals surface area contributed by atoms with Crippen molar-refractivity contribution < 1.29 is 9.26 Å². The Morgan fingerprint density at radius 2 is 2.24 bits per heavy atom. The zero-order valence-electron chi connectivity index (χ0n) is 11.1. The van der Waals surface area contributed by atoms with Crippen molar-refractivity contribution in [3.63, 3.8) is 0 Å². The Labute approximate surface area is 129 Å². The normalized spacial score (nSPS) is 10.8. The van der Waals surface area contributed by atoms with Crippen LogP contribution in [-0.2, 0) is 12.8 Å². The van der Waals surface area contributed by atoms with Gasteiger partial charge in [-0.05, 0) is 18.1 Å². The van der Waals surface area contributed by atoms with Gasteiger partial charge in [0.2, 0.25) is 11.7 Å². The molecular weight excluding hydrogens is 312 g/mol. The van der Waals surface area contributed by atoms with E-state index in [-0.39, 0.29) is 0 Å². The molecular formula is C13H11ClN4O2S. The van der Waals surface area contributed by atoms with Gasteiger partial charge >= 0.3 is 0 Å². The Hall–Kier alpha value is -1.99. The first-order valence-electron chi connectivity index (χ1n) is 6.16. The highest BCUT2D eigenvalue weighted by atomic mass is 35.5. The van der Waals surface area contributed by atoms with Crippen molar-refractivity contribution in [1.29, 1.82) is 0 Å². The molecule has 0 spiro atoms. The summed E-state index contributed by atoms with van der Waals surface area (Å²) in [6, 6.07) is 1.93. The van der Waals surface area contributed by atoms with Crippen LogP contribution >= 0.6 is 22.9 Å². The minimum absolute atomic E-state index is 0.417. The highest BCUT2D eigenvalue weighted by Gasteiger charge is 2.14. The average Bonchev–Trinajstić information content (AvgIpc) is 3.14. The average molecular weight is 323 g/mol. The monoisotopic (exact) mass is 322 g/mol. The quantitative estimate of drug-likeness (QED) is 0.718. The third-order valence-corrected chi connectivity index (χ3v) is 3.89. The number of methoxy groups -OCH3 is 1. The Morgan fingerprint density at radius 3 is 3.00 bits per heavy atom. The van der Waals surface area contributed by atoms with E-state index in [1.165, 1.54) is 11.3 Å². The molecule has 0 unspecified atom stereocenters. The van der Waals surface area contributed by atoms with Gasteiger partial charge < -0.3 is 9.26 Å². The predicted molar refractivity (Wildman–Crippen MR) is 78.6 cm³/mol. The number of pyridine rings is 1. The van der Waals surface area contributed by atoms with Gasteiger partial charge in [0.1, 0.15) is 15.8 Å². The lowest BCUT2D eigenvalue weighted by Crippen LogP contribution is -1.94. The smallest absolute Gasteiger partial charge is 0.227 e. The first-order valence-corrected chi connectivity index (χ1v) is 7.42. The van der Waals surface area contributed by atoms with Crippen LogP contribution in [0.15, 0.2) is 28.5 Å². The zero-order valence-corrected chi connectivity index (χ0v) is 12.7. The summed E-state index contributed by atoms with van der Waals surface area (Å²) in [5.41, 5.74) is 3.25. The lowest BCUT2D eigenvalue weighted by Gasteiger charge is -2.01. The SMILES string of the molecule is COc1cncc(CCc2nc(-c3ncsc3Cl)no2)c1. The summed E-state index contributed by atoms with van der Waals surface area (Å²) in [6.07, 6.45) is 4.80. The van der Waals surface area contributed by atoms with Crippen LogP contribution in [0, 0.1) is 0 Å². The molecule has 0 fully saturated rings. The van der Waals surface area contributed by atoms with Crippen molar-refractivity contribution in [2.24, 2.45) is 0 Å². The molecule has 3 rings (SSSR count). The maximum absolute atomic E-state index is 6.00. The molecule has 6 nitrogen and oxygen atoms in total. The standard InChI is InChI=1S/C13H11ClN4O2S/c1-19-9-4-8(5-15-6-9)2-3-10-17-13(18-20-10)11-12(14)21-7-16-11/h4-7H,2-3H2,1H3. The molecule has 0 saturated carbocycles. The first kappa shape index (κ1) is 14.0. The Bertz CT molecular complexity index is 743. The van der Waals surface area contributed by atoms with Crippen molar-refractivity contribution in [3.05, 3.63) is 39.8 Å². The van der Waals surface area contributed by atoms with Gasteiger partial charge in [-0.2, -0.15) is 4.98 Å². The van der Waals surface area contributed by atoms with E-state index in [2.05, 4.69) is 20.1 Å². The van der Waals surface area contributed by atoms with Crippen LogP contribution in [0.3, 0.4) is 0 Å². The first-order chi connectivity index (χ1) is 10.3. The molecule has 0 saturated heterocycles. The molecule has 0 aliphatic carbocycles. The molecule has 0 aliphatic rings. The van der Waals surface area contributed by atoms with Crippen molar-refractivity contribution in [3.8, 4) is 17.3 Å². The molecule has 0 bridgehead atoms. The van der Waals surface area contributed by atoms with Crippen LogP contribution < -0.4 is 4.74 Å².